The average molecular weight is 473 g/mol. The number of nitrogens with one attached hydrogen (secondary N) is 1. The summed E-state index contributed by atoms with van der Waals surface area (Å²) in [7, 11) is 1.62. The van der Waals surface area contributed by atoms with Crippen LogP contribution in [0.3, 0.4) is 0 Å². The van der Waals surface area contributed by atoms with Crippen LogP contribution < -0.4 is 14.8 Å². The van der Waals surface area contributed by atoms with Crippen LogP contribution >= 0.6 is 11.3 Å². The molecule has 7 nitrogen and oxygen atoms in total. The van der Waals surface area contributed by atoms with Gasteiger partial charge in [0.1, 0.15) is 11.6 Å². The molecule has 8 heteroatoms. The lowest BCUT2D eigenvalue weighted by Crippen LogP contribution is -2.13. The van der Waals surface area contributed by atoms with Gasteiger partial charge >= 0.3 is 0 Å². The molecule has 4 aromatic rings. The normalized spacial score (nSPS) is 11.3. The summed E-state index contributed by atoms with van der Waals surface area (Å²) in [6, 6.07) is 17.6. The van der Waals surface area contributed by atoms with Crippen LogP contribution in [0.5, 0.6) is 11.5 Å². The number of ether oxygens (including phenoxy) is 2. The minimum absolute atomic E-state index is 0.0284. The molecule has 1 N–H and O–H groups in total. The number of aromatic nitrogens is 2. The smallest absolute Gasteiger partial charge is 0.268 e. The number of para-hydroxylation sites is 3. The zero-order valence-corrected chi connectivity index (χ0v) is 19.8. The molecular formula is C26H24N4O3S. The Morgan fingerprint density at radius 2 is 1.97 bits per heavy atom. The molecule has 0 aliphatic carbocycles. The van der Waals surface area contributed by atoms with Crippen molar-refractivity contribution >= 4 is 39.4 Å². The topological polar surface area (TPSA) is 89.2 Å². The number of rotatable bonds is 9. The van der Waals surface area contributed by atoms with Crippen LogP contribution in [0.2, 0.25) is 0 Å². The number of aryl methyl sites for hydroxylation is 1. The van der Waals surface area contributed by atoms with E-state index < -0.39 is 5.91 Å². The van der Waals surface area contributed by atoms with E-state index in [9.17, 15) is 10.1 Å². The first-order valence-corrected chi connectivity index (χ1v) is 11.7. The van der Waals surface area contributed by atoms with E-state index in [0.717, 1.165) is 35.1 Å². The number of carbonyl (C=O) groups excluding carboxylic acids is 1. The van der Waals surface area contributed by atoms with Gasteiger partial charge in [-0.05, 0) is 37.6 Å². The number of thiazole rings is 1. The molecule has 2 aromatic heterocycles. The van der Waals surface area contributed by atoms with Crippen molar-refractivity contribution in [3.8, 4) is 17.6 Å². The minimum Gasteiger partial charge on any atom is -0.493 e. The first-order chi connectivity index (χ1) is 16.6. The average Bonchev–Trinajstić information content (AvgIpc) is 3.46. The monoisotopic (exact) mass is 472 g/mol. The molecular weight excluding hydrogens is 448 g/mol. The van der Waals surface area contributed by atoms with E-state index in [0.29, 0.717) is 23.2 Å². The van der Waals surface area contributed by atoms with Gasteiger partial charge in [-0.3, -0.25) is 10.1 Å². The molecule has 0 unspecified atom stereocenters. The molecule has 4 rings (SSSR count). The van der Waals surface area contributed by atoms with Crippen LogP contribution in [0.25, 0.3) is 17.0 Å². The Morgan fingerprint density at radius 3 is 2.71 bits per heavy atom. The molecule has 34 heavy (non-hydrogen) atoms. The maximum atomic E-state index is 12.6. The largest absolute Gasteiger partial charge is 0.493 e. The highest BCUT2D eigenvalue weighted by molar-refractivity contribution is 7.13. The second kappa shape index (κ2) is 10.7. The molecule has 2 heterocycles. The summed E-state index contributed by atoms with van der Waals surface area (Å²) >= 11 is 1.30. The SMILES string of the molecule is COc1ccccc1OCCCn1c(C)c(/C=C(/C#N)C(=O)Nc2nccs2)c2ccccc21. The van der Waals surface area contributed by atoms with Crippen molar-refractivity contribution < 1.29 is 14.3 Å². The van der Waals surface area contributed by atoms with E-state index in [4.69, 9.17) is 9.47 Å². The van der Waals surface area contributed by atoms with Crippen LogP contribution in [-0.4, -0.2) is 29.2 Å². The lowest BCUT2D eigenvalue weighted by molar-refractivity contribution is -0.112. The number of amides is 1. The molecule has 0 bridgehead atoms. The molecule has 0 aliphatic heterocycles. The van der Waals surface area contributed by atoms with Crippen molar-refractivity contribution in [2.45, 2.75) is 19.9 Å². The predicted molar refractivity (Wildman–Crippen MR) is 134 cm³/mol. The Bertz CT molecular complexity index is 1370. The lowest BCUT2D eigenvalue weighted by atomic mass is 10.1. The van der Waals surface area contributed by atoms with Crippen molar-refractivity contribution in [1.82, 2.24) is 9.55 Å². The van der Waals surface area contributed by atoms with Gasteiger partial charge in [0.05, 0.1) is 13.7 Å². The maximum Gasteiger partial charge on any atom is 0.268 e. The van der Waals surface area contributed by atoms with Gasteiger partial charge in [0.15, 0.2) is 16.6 Å². The number of anilines is 1. The Labute approximate surface area is 201 Å². The summed E-state index contributed by atoms with van der Waals surface area (Å²) in [5.74, 6) is 0.948. The van der Waals surface area contributed by atoms with Gasteiger partial charge in [0.2, 0.25) is 0 Å². The highest BCUT2D eigenvalue weighted by atomic mass is 32.1. The highest BCUT2D eigenvalue weighted by Gasteiger charge is 2.16. The van der Waals surface area contributed by atoms with Crippen molar-refractivity contribution in [3.63, 3.8) is 0 Å². The fourth-order valence-electron chi connectivity index (χ4n) is 3.81. The van der Waals surface area contributed by atoms with Crippen LogP contribution in [0.4, 0.5) is 5.13 Å². The van der Waals surface area contributed by atoms with E-state index >= 15 is 0 Å². The third-order valence-electron chi connectivity index (χ3n) is 5.44. The molecule has 2 aromatic carbocycles. The highest BCUT2D eigenvalue weighted by Crippen LogP contribution is 2.29. The molecule has 0 spiro atoms. The standard InChI is InChI=1S/C26H24N4O3S/c1-18-21(16-19(17-27)25(31)29-26-28-12-15-34-26)20-8-3-4-9-22(20)30(18)13-7-14-33-24-11-6-5-10-23(24)32-2/h3-6,8-12,15-16H,7,13-14H2,1-2H3,(H,28,29,31)/b19-16-. The molecule has 0 atom stereocenters. The van der Waals surface area contributed by atoms with E-state index in [1.807, 2.05) is 61.5 Å². The Balaban J connectivity index is 1.55. The second-order valence-electron chi connectivity index (χ2n) is 7.48. The summed E-state index contributed by atoms with van der Waals surface area (Å²) in [6.07, 6.45) is 4.03. The van der Waals surface area contributed by atoms with Crippen molar-refractivity contribution in [1.29, 1.82) is 5.26 Å². The lowest BCUT2D eigenvalue weighted by Gasteiger charge is -2.12. The summed E-state index contributed by atoms with van der Waals surface area (Å²) in [5.41, 5.74) is 2.90. The number of nitrogens with zero attached hydrogens (tertiary/aromatic N) is 3. The summed E-state index contributed by atoms with van der Waals surface area (Å²) in [4.78, 5) is 16.7. The number of nitriles is 1. The van der Waals surface area contributed by atoms with Gasteiger partial charge in [-0.15, -0.1) is 11.3 Å². The van der Waals surface area contributed by atoms with E-state index in [-0.39, 0.29) is 5.57 Å². The third kappa shape index (κ3) is 4.95. The first kappa shape index (κ1) is 23.1. The van der Waals surface area contributed by atoms with Gasteiger partial charge in [0.25, 0.3) is 5.91 Å². The van der Waals surface area contributed by atoms with Crippen LogP contribution in [-0.2, 0) is 11.3 Å². The van der Waals surface area contributed by atoms with E-state index in [2.05, 4.69) is 14.9 Å². The number of fused-ring (bicyclic) bond motifs is 1. The van der Waals surface area contributed by atoms with E-state index in [1.165, 1.54) is 11.3 Å². The van der Waals surface area contributed by atoms with Crippen LogP contribution in [0.1, 0.15) is 17.7 Å². The Morgan fingerprint density at radius 1 is 1.21 bits per heavy atom. The maximum absolute atomic E-state index is 12.6. The van der Waals surface area contributed by atoms with Crippen LogP contribution in [0.15, 0.2) is 65.7 Å². The molecule has 0 saturated carbocycles. The fourth-order valence-corrected chi connectivity index (χ4v) is 4.34. The zero-order valence-electron chi connectivity index (χ0n) is 18.9. The second-order valence-corrected chi connectivity index (χ2v) is 8.38. The van der Waals surface area contributed by atoms with Crippen molar-refractivity contribution in [2.24, 2.45) is 0 Å². The third-order valence-corrected chi connectivity index (χ3v) is 6.13. The zero-order chi connectivity index (χ0) is 23.9. The molecule has 172 valence electrons. The molecule has 0 radical (unpaired) electrons. The van der Waals surface area contributed by atoms with Crippen LogP contribution in [0, 0.1) is 18.3 Å². The fraction of sp³-hybridized carbons (Fsp3) is 0.192. The van der Waals surface area contributed by atoms with Crippen molar-refractivity contribution in [2.75, 3.05) is 19.0 Å². The van der Waals surface area contributed by atoms with E-state index in [1.54, 1.807) is 24.8 Å². The number of hydrogen-bond donors (Lipinski definition) is 1. The number of hydrogen-bond acceptors (Lipinski definition) is 6. The summed E-state index contributed by atoms with van der Waals surface area (Å²) in [5, 5.41) is 15.5. The number of carbonyl (C=O) groups is 1. The number of benzene rings is 2. The van der Waals surface area contributed by atoms with Gasteiger partial charge in [-0.25, -0.2) is 4.98 Å². The molecule has 0 saturated heterocycles. The number of methoxy groups -OCH3 is 1. The van der Waals surface area contributed by atoms with Gasteiger partial charge in [-0.2, -0.15) is 5.26 Å². The minimum atomic E-state index is -0.473. The molecule has 0 fully saturated rings. The predicted octanol–water partition coefficient (Wildman–Crippen LogP) is 5.43. The van der Waals surface area contributed by atoms with Gasteiger partial charge in [-0.1, -0.05) is 30.3 Å². The van der Waals surface area contributed by atoms with Crippen molar-refractivity contribution in [3.05, 3.63) is 76.9 Å². The van der Waals surface area contributed by atoms with Gasteiger partial charge < -0.3 is 14.0 Å². The van der Waals surface area contributed by atoms with Gasteiger partial charge in [0, 0.05) is 40.3 Å². The Kier molecular flexibility index (Phi) is 7.25. The Hall–Kier alpha value is -4.09. The summed E-state index contributed by atoms with van der Waals surface area (Å²) in [6.45, 7) is 3.25. The molecule has 1 amide bonds. The first-order valence-electron chi connectivity index (χ1n) is 10.8. The summed E-state index contributed by atoms with van der Waals surface area (Å²) < 4.78 is 13.5. The molecule has 0 aliphatic rings. The quantitative estimate of drug-likeness (QED) is 0.199.